The van der Waals surface area contributed by atoms with Crippen LogP contribution < -0.4 is 0 Å². The van der Waals surface area contributed by atoms with Crippen molar-refractivity contribution < 1.29 is 4.42 Å². The smallest absolute Gasteiger partial charge is 0.165 e. The summed E-state index contributed by atoms with van der Waals surface area (Å²) >= 11 is 0. The Labute approximate surface area is 287 Å². The quantitative estimate of drug-likeness (QED) is 0.187. The summed E-state index contributed by atoms with van der Waals surface area (Å²) in [6.07, 6.45) is 3.73. The number of para-hydroxylation sites is 2. The highest BCUT2D eigenvalue weighted by Crippen LogP contribution is 2.40. The van der Waals surface area contributed by atoms with Gasteiger partial charge < -0.3 is 8.98 Å². The van der Waals surface area contributed by atoms with E-state index in [4.69, 9.17) is 24.4 Å². The molecule has 0 aliphatic carbocycles. The minimum Gasteiger partial charge on any atom is -0.456 e. The van der Waals surface area contributed by atoms with Gasteiger partial charge in [0.05, 0.1) is 22.9 Å². The van der Waals surface area contributed by atoms with E-state index in [-0.39, 0.29) is 0 Å². The molecule has 234 valence electrons. The molecule has 0 aliphatic rings. The van der Waals surface area contributed by atoms with Crippen molar-refractivity contribution >= 4 is 43.7 Å². The number of rotatable bonds is 5. The first-order valence-electron chi connectivity index (χ1n) is 16.5. The van der Waals surface area contributed by atoms with Gasteiger partial charge in [-0.3, -0.25) is 4.98 Å². The number of pyridine rings is 1. The Kier molecular flexibility index (Phi) is 6.39. The van der Waals surface area contributed by atoms with Gasteiger partial charge >= 0.3 is 0 Å². The highest BCUT2D eigenvalue weighted by molar-refractivity contribution is 6.15. The molecule has 4 aromatic heterocycles. The molecule has 4 heterocycles. The number of hydrogen-bond acceptors (Lipinski definition) is 5. The fourth-order valence-electron chi connectivity index (χ4n) is 7.04. The zero-order valence-electron chi connectivity index (χ0n) is 26.7. The fourth-order valence-corrected chi connectivity index (χ4v) is 7.04. The molecule has 0 fully saturated rings. The summed E-state index contributed by atoms with van der Waals surface area (Å²) in [5.74, 6) is 1.80. The molecule has 10 aromatic rings. The van der Waals surface area contributed by atoms with E-state index in [0.717, 1.165) is 77.2 Å². The van der Waals surface area contributed by atoms with Crippen molar-refractivity contribution in [2.24, 2.45) is 0 Å². The number of hydrogen-bond donors (Lipinski definition) is 0. The lowest BCUT2D eigenvalue weighted by Crippen LogP contribution is -2.01. The van der Waals surface area contributed by atoms with Crippen molar-refractivity contribution in [3.05, 3.63) is 164 Å². The van der Waals surface area contributed by atoms with Crippen molar-refractivity contribution in [3.63, 3.8) is 0 Å². The Bertz CT molecular complexity index is 2820. The summed E-state index contributed by atoms with van der Waals surface area (Å²) in [5.41, 5.74) is 9.82. The van der Waals surface area contributed by atoms with Crippen LogP contribution in [0.3, 0.4) is 0 Å². The Morgan fingerprint density at radius 1 is 0.420 bits per heavy atom. The van der Waals surface area contributed by atoms with Crippen LogP contribution in [0.15, 0.2) is 168 Å². The first-order chi connectivity index (χ1) is 24.8. The molecule has 50 heavy (non-hydrogen) atoms. The minimum absolute atomic E-state index is 0.565. The number of furan rings is 1. The molecule has 0 unspecified atom stereocenters. The maximum absolute atomic E-state index is 6.22. The molecule has 0 saturated heterocycles. The summed E-state index contributed by atoms with van der Waals surface area (Å²) in [6.45, 7) is 0. The first-order valence-corrected chi connectivity index (χ1v) is 16.5. The van der Waals surface area contributed by atoms with E-state index in [1.165, 1.54) is 0 Å². The van der Waals surface area contributed by atoms with E-state index in [1.807, 2.05) is 91.3 Å². The average molecular weight is 642 g/mol. The molecule has 0 spiro atoms. The average Bonchev–Trinajstić information content (AvgIpc) is 3.74. The number of nitrogens with zero attached hydrogens (tertiary/aromatic N) is 5. The van der Waals surface area contributed by atoms with E-state index >= 15 is 0 Å². The van der Waals surface area contributed by atoms with Gasteiger partial charge in [0.25, 0.3) is 0 Å². The van der Waals surface area contributed by atoms with Crippen molar-refractivity contribution in [2.45, 2.75) is 0 Å². The predicted octanol–water partition coefficient (Wildman–Crippen LogP) is 10.9. The van der Waals surface area contributed by atoms with Crippen LogP contribution in [-0.4, -0.2) is 24.5 Å². The van der Waals surface area contributed by atoms with Crippen molar-refractivity contribution in [2.75, 3.05) is 0 Å². The second-order valence-corrected chi connectivity index (χ2v) is 12.3. The zero-order chi connectivity index (χ0) is 33.0. The standard InChI is InChI=1S/C44H27N5O/c1-3-12-28(13-4-1)42-46-43(29-14-5-2-6-15-29)48-44(47-42)31-24-32(27-45-26-31)49-37-19-9-7-16-34(37)36-25-30(22-23-38(36)49)33-18-11-21-40-41(33)35-17-8-10-20-39(35)50-40/h1-27H. The van der Waals surface area contributed by atoms with Gasteiger partial charge in [-0.05, 0) is 47.5 Å². The van der Waals surface area contributed by atoms with Gasteiger partial charge in [0.2, 0.25) is 0 Å². The molecular formula is C44H27N5O. The lowest BCUT2D eigenvalue weighted by atomic mass is 9.98. The van der Waals surface area contributed by atoms with E-state index in [9.17, 15) is 0 Å². The summed E-state index contributed by atoms with van der Waals surface area (Å²) in [6, 6.07) is 51.9. The predicted molar refractivity (Wildman–Crippen MR) is 201 cm³/mol. The van der Waals surface area contributed by atoms with Crippen LogP contribution in [0.4, 0.5) is 0 Å². The fraction of sp³-hybridized carbons (Fsp3) is 0. The van der Waals surface area contributed by atoms with Gasteiger partial charge in [0.15, 0.2) is 17.5 Å². The molecule has 0 radical (unpaired) electrons. The van der Waals surface area contributed by atoms with Crippen LogP contribution >= 0.6 is 0 Å². The lowest BCUT2D eigenvalue weighted by molar-refractivity contribution is 0.669. The van der Waals surface area contributed by atoms with E-state index in [1.54, 1.807) is 0 Å². The van der Waals surface area contributed by atoms with Crippen molar-refractivity contribution in [1.29, 1.82) is 0 Å². The molecule has 0 bridgehead atoms. The third-order valence-electron chi connectivity index (χ3n) is 9.33. The third-order valence-corrected chi connectivity index (χ3v) is 9.33. The largest absolute Gasteiger partial charge is 0.456 e. The molecule has 10 rings (SSSR count). The molecule has 6 heteroatoms. The second-order valence-electron chi connectivity index (χ2n) is 12.3. The normalized spacial score (nSPS) is 11.6. The monoisotopic (exact) mass is 641 g/mol. The molecule has 0 aliphatic heterocycles. The lowest BCUT2D eigenvalue weighted by Gasteiger charge is -2.11. The Morgan fingerprint density at radius 2 is 1.04 bits per heavy atom. The Balaban J connectivity index is 1.15. The summed E-state index contributed by atoms with van der Waals surface area (Å²) in [4.78, 5) is 19.5. The Morgan fingerprint density at radius 3 is 1.80 bits per heavy atom. The van der Waals surface area contributed by atoms with Gasteiger partial charge in [0, 0.05) is 44.4 Å². The van der Waals surface area contributed by atoms with Gasteiger partial charge in [-0.25, -0.2) is 15.0 Å². The van der Waals surface area contributed by atoms with Crippen LogP contribution in [0, 0.1) is 0 Å². The molecule has 6 nitrogen and oxygen atoms in total. The highest BCUT2D eigenvalue weighted by Gasteiger charge is 2.18. The number of fused-ring (bicyclic) bond motifs is 6. The van der Waals surface area contributed by atoms with E-state index < -0.39 is 0 Å². The molecular weight excluding hydrogens is 615 g/mol. The zero-order valence-corrected chi connectivity index (χ0v) is 26.7. The molecule has 0 saturated carbocycles. The Hall–Kier alpha value is -6.92. The second kappa shape index (κ2) is 11.4. The third kappa shape index (κ3) is 4.58. The van der Waals surface area contributed by atoms with Gasteiger partial charge in [-0.15, -0.1) is 0 Å². The van der Waals surface area contributed by atoms with Gasteiger partial charge in [0.1, 0.15) is 11.2 Å². The molecule has 0 amide bonds. The van der Waals surface area contributed by atoms with Crippen molar-refractivity contribution in [1.82, 2.24) is 24.5 Å². The summed E-state index contributed by atoms with van der Waals surface area (Å²) in [7, 11) is 0. The van der Waals surface area contributed by atoms with Gasteiger partial charge in [-0.1, -0.05) is 115 Å². The van der Waals surface area contributed by atoms with Crippen LogP contribution in [0.2, 0.25) is 0 Å². The van der Waals surface area contributed by atoms with Crippen LogP contribution in [-0.2, 0) is 0 Å². The summed E-state index contributed by atoms with van der Waals surface area (Å²) in [5, 5.41) is 4.57. The van der Waals surface area contributed by atoms with Crippen LogP contribution in [0.5, 0.6) is 0 Å². The van der Waals surface area contributed by atoms with E-state index in [2.05, 4.69) is 77.4 Å². The van der Waals surface area contributed by atoms with E-state index in [0.29, 0.717) is 17.5 Å². The maximum atomic E-state index is 6.22. The number of aromatic nitrogens is 5. The maximum Gasteiger partial charge on any atom is 0.165 e. The van der Waals surface area contributed by atoms with Crippen LogP contribution in [0.25, 0.3) is 94.7 Å². The SMILES string of the molecule is c1ccc(-c2nc(-c3ccccc3)nc(-c3cncc(-n4c5ccccc5c5cc(-c6cccc7oc8ccccc8c67)ccc54)c3)n2)cc1. The number of benzene rings is 6. The molecule has 6 aromatic carbocycles. The minimum atomic E-state index is 0.565. The van der Waals surface area contributed by atoms with Crippen molar-refractivity contribution in [3.8, 4) is 51.0 Å². The first kappa shape index (κ1) is 28.1. The summed E-state index contributed by atoms with van der Waals surface area (Å²) < 4.78 is 8.50. The molecule has 0 atom stereocenters. The van der Waals surface area contributed by atoms with Gasteiger partial charge in [-0.2, -0.15) is 0 Å². The highest BCUT2D eigenvalue weighted by atomic mass is 16.3. The molecule has 0 N–H and O–H groups in total. The van der Waals surface area contributed by atoms with Crippen LogP contribution in [0.1, 0.15) is 0 Å². The topological polar surface area (TPSA) is 69.6 Å².